The third kappa shape index (κ3) is 6.00. The first-order chi connectivity index (χ1) is 17.2. The monoisotopic (exact) mass is 495 g/mol. The lowest BCUT2D eigenvalue weighted by Gasteiger charge is -2.10. The zero-order valence-corrected chi connectivity index (χ0v) is 18.8. The van der Waals surface area contributed by atoms with Gasteiger partial charge < -0.3 is 20.7 Å². The number of ether oxygens (including phenoxy) is 1. The molecule has 0 bridgehead atoms. The van der Waals surface area contributed by atoms with Crippen molar-refractivity contribution in [3.63, 3.8) is 0 Å². The van der Waals surface area contributed by atoms with Gasteiger partial charge in [-0.2, -0.15) is 18.3 Å². The minimum Gasteiger partial charge on any atom is -0.497 e. The number of carbonyl (C=O) groups excluding carboxylic acids is 2. The van der Waals surface area contributed by atoms with Crippen molar-refractivity contribution in [3.8, 4) is 11.4 Å². The molecule has 0 saturated carbocycles. The van der Waals surface area contributed by atoms with Gasteiger partial charge in [0.05, 0.1) is 36.4 Å². The summed E-state index contributed by atoms with van der Waals surface area (Å²) in [6, 6.07) is 16.8. The summed E-state index contributed by atoms with van der Waals surface area (Å²) in [6.45, 7) is 0. The van der Waals surface area contributed by atoms with Crippen molar-refractivity contribution in [2.75, 3.05) is 23.1 Å². The Labute approximate surface area is 203 Å². The number of anilines is 3. The Balaban J connectivity index is 1.37. The second-order valence-corrected chi connectivity index (χ2v) is 7.56. The number of alkyl halides is 3. The van der Waals surface area contributed by atoms with Crippen molar-refractivity contribution >= 4 is 29.0 Å². The zero-order chi connectivity index (χ0) is 25.7. The number of benzene rings is 3. The van der Waals surface area contributed by atoms with Crippen LogP contribution in [0.3, 0.4) is 0 Å². The van der Waals surface area contributed by atoms with Crippen molar-refractivity contribution in [2.45, 2.75) is 6.18 Å². The number of rotatable bonds is 6. The molecule has 3 aromatic carbocycles. The van der Waals surface area contributed by atoms with E-state index >= 15 is 0 Å². The van der Waals surface area contributed by atoms with Gasteiger partial charge in [-0.05, 0) is 66.7 Å². The Bertz CT molecular complexity index is 1370. The van der Waals surface area contributed by atoms with E-state index < -0.39 is 23.7 Å². The highest BCUT2D eigenvalue weighted by Crippen LogP contribution is 2.29. The van der Waals surface area contributed by atoms with Gasteiger partial charge in [0, 0.05) is 16.9 Å². The average Bonchev–Trinajstić information content (AvgIpc) is 3.32. The molecule has 0 fully saturated rings. The number of methoxy groups -OCH3 is 1. The molecular weight excluding hydrogens is 475 g/mol. The molecule has 36 heavy (non-hydrogen) atoms. The van der Waals surface area contributed by atoms with Crippen molar-refractivity contribution in [1.29, 1.82) is 0 Å². The molecule has 4 rings (SSSR count). The number of hydrogen-bond acceptors (Lipinski definition) is 4. The second kappa shape index (κ2) is 10.2. The van der Waals surface area contributed by atoms with Gasteiger partial charge in [0.25, 0.3) is 5.91 Å². The SMILES string of the molecule is COc1ccc(-n2cc(NC(=O)c3cccc(NC(=O)Nc4ccc(C(F)(F)F)cc4)c3)cn2)cc1. The normalized spacial score (nSPS) is 11.0. The topological polar surface area (TPSA) is 97.3 Å². The van der Waals surface area contributed by atoms with Gasteiger partial charge >= 0.3 is 12.2 Å². The number of hydrogen-bond donors (Lipinski definition) is 3. The minimum absolute atomic E-state index is 0.184. The summed E-state index contributed by atoms with van der Waals surface area (Å²) in [4.78, 5) is 25.0. The average molecular weight is 495 g/mol. The lowest BCUT2D eigenvalue weighted by Crippen LogP contribution is -2.20. The highest BCUT2D eigenvalue weighted by molar-refractivity contribution is 6.06. The van der Waals surface area contributed by atoms with Crippen molar-refractivity contribution in [1.82, 2.24) is 9.78 Å². The Kier molecular flexibility index (Phi) is 6.91. The molecule has 0 aliphatic carbocycles. The lowest BCUT2D eigenvalue weighted by molar-refractivity contribution is -0.137. The van der Waals surface area contributed by atoms with Gasteiger partial charge in [-0.1, -0.05) is 6.07 Å². The quantitative estimate of drug-likeness (QED) is 0.315. The van der Waals surface area contributed by atoms with E-state index in [1.54, 1.807) is 48.3 Å². The Morgan fingerprint density at radius 3 is 2.22 bits per heavy atom. The molecule has 3 N–H and O–H groups in total. The molecule has 0 spiro atoms. The molecule has 8 nitrogen and oxygen atoms in total. The van der Waals surface area contributed by atoms with E-state index in [0.717, 1.165) is 30.0 Å². The zero-order valence-electron chi connectivity index (χ0n) is 18.8. The fourth-order valence-corrected chi connectivity index (χ4v) is 3.24. The Hall–Kier alpha value is -4.80. The number of nitrogens with one attached hydrogen (secondary N) is 3. The van der Waals surface area contributed by atoms with Gasteiger partial charge in [-0.25, -0.2) is 9.48 Å². The van der Waals surface area contributed by atoms with Gasteiger partial charge in [0.2, 0.25) is 0 Å². The van der Waals surface area contributed by atoms with Crippen LogP contribution in [0.25, 0.3) is 5.69 Å². The van der Waals surface area contributed by atoms with Crippen LogP contribution in [-0.2, 0) is 6.18 Å². The molecule has 0 saturated heterocycles. The second-order valence-electron chi connectivity index (χ2n) is 7.56. The van der Waals surface area contributed by atoms with Crippen molar-refractivity contribution in [3.05, 3.63) is 96.3 Å². The van der Waals surface area contributed by atoms with Crippen LogP contribution in [0.5, 0.6) is 5.75 Å². The molecule has 11 heteroatoms. The number of halogens is 3. The third-order valence-corrected chi connectivity index (χ3v) is 5.03. The maximum absolute atomic E-state index is 12.7. The largest absolute Gasteiger partial charge is 0.497 e. The van der Waals surface area contributed by atoms with Crippen LogP contribution in [0, 0.1) is 0 Å². The van der Waals surface area contributed by atoms with E-state index in [-0.39, 0.29) is 11.3 Å². The number of carbonyl (C=O) groups is 2. The fraction of sp³-hybridized carbons (Fsp3) is 0.0800. The Morgan fingerprint density at radius 2 is 1.56 bits per heavy atom. The molecular formula is C25H20F3N5O3. The summed E-state index contributed by atoms with van der Waals surface area (Å²) in [5.74, 6) is 0.289. The summed E-state index contributed by atoms with van der Waals surface area (Å²) in [6.07, 6.45) is -1.31. The van der Waals surface area contributed by atoms with Gasteiger partial charge in [0.1, 0.15) is 5.75 Å². The van der Waals surface area contributed by atoms with E-state index in [4.69, 9.17) is 4.74 Å². The standard InChI is InChI=1S/C25H20F3N5O3/c1-36-22-11-9-21(10-12-22)33-15-20(14-29-33)30-23(34)16-3-2-4-19(13-16)32-24(35)31-18-7-5-17(6-8-18)25(26,27)28/h2-15H,1H3,(H,30,34)(H2,31,32,35). The Morgan fingerprint density at radius 1 is 0.861 bits per heavy atom. The summed E-state index contributed by atoms with van der Waals surface area (Å²) in [7, 11) is 1.58. The van der Waals surface area contributed by atoms with Crippen LogP contribution in [0.15, 0.2) is 85.2 Å². The summed E-state index contributed by atoms with van der Waals surface area (Å²) >= 11 is 0. The highest BCUT2D eigenvalue weighted by Gasteiger charge is 2.30. The molecule has 1 heterocycles. The first kappa shape index (κ1) is 24.3. The molecule has 0 unspecified atom stereocenters. The first-order valence-corrected chi connectivity index (χ1v) is 10.6. The van der Waals surface area contributed by atoms with Crippen LogP contribution in [0.4, 0.5) is 35.0 Å². The van der Waals surface area contributed by atoms with E-state index in [0.29, 0.717) is 17.1 Å². The van der Waals surface area contributed by atoms with Crippen LogP contribution in [0.1, 0.15) is 15.9 Å². The third-order valence-electron chi connectivity index (χ3n) is 5.03. The molecule has 0 atom stereocenters. The predicted molar refractivity (Wildman–Crippen MR) is 129 cm³/mol. The van der Waals surface area contributed by atoms with Crippen molar-refractivity contribution in [2.24, 2.45) is 0 Å². The van der Waals surface area contributed by atoms with Gasteiger partial charge in [-0.15, -0.1) is 0 Å². The number of amides is 3. The molecule has 0 radical (unpaired) electrons. The lowest BCUT2D eigenvalue weighted by atomic mass is 10.2. The molecule has 4 aromatic rings. The van der Waals surface area contributed by atoms with E-state index in [1.807, 2.05) is 12.1 Å². The van der Waals surface area contributed by atoms with Crippen LogP contribution in [0.2, 0.25) is 0 Å². The van der Waals surface area contributed by atoms with Crippen LogP contribution >= 0.6 is 0 Å². The van der Waals surface area contributed by atoms with E-state index in [9.17, 15) is 22.8 Å². The van der Waals surface area contributed by atoms with Crippen LogP contribution in [-0.4, -0.2) is 28.8 Å². The molecule has 184 valence electrons. The van der Waals surface area contributed by atoms with Gasteiger partial charge in [0.15, 0.2) is 0 Å². The number of nitrogens with zero attached hydrogens (tertiary/aromatic N) is 2. The first-order valence-electron chi connectivity index (χ1n) is 10.6. The smallest absolute Gasteiger partial charge is 0.416 e. The summed E-state index contributed by atoms with van der Waals surface area (Å²) in [5.41, 5.74) is 1.21. The molecule has 1 aromatic heterocycles. The maximum atomic E-state index is 12.7. The number of urea groups is 1. The van der Waals surface area contributed by atoms with Crippen molar-refractivity contribution < 1.29 is 27.5 Å². The fourth-order valence-electron chi connectivity index (χ4n) is 3.24. The van der Waals surface area contributed by atoms with E-state index in [1.165, 1.54) is 12.3 Å². The summed E-state index contributed by atoms with van der Waals surface area (Å²) < 4.78 is 44.8. The van der Waals surface area contributed by atoms with Crippen LogP contribution < -0.4 is 20.7 Å². The molecule has 3 amide bonds. The molecule has 0 aliphatic rings. The van der Waals surface area contributed by atoms with Gasteiger partial charge in [-0.3, -0.25) is 4.79 Å². The molecule has 0 aliphatic heterocycles. The summed E-state index contributed by atoms with van der Waals surface area (Å²) in [5, 5.41) is 12.0. The minimum atomic E-state index is -4.46. The maximum Gasteiger partial charge on any atom is 0.416 e. The number of aromatic nitrogens is 2. The van der Waals surface area contributed by atoms with E-state index in [2.05, 4.69) is 21.0 Å². The highest BCUT2D eigenvalue weighted by atomic mass is 19.4. The predicted octanol–water partition coefficient (Wildman–Crippen LogP) is 5.80.